The Morgan fingerprint density at radius 1 is 1.29 bits per heavy atom. The quantitative estimate of drug-likeness (QED) is 0.664. The second-order valence-electron chi connectivity index (χ2n) is 7.92. The normalized spacial score (nSPS) is 16.4. The van der Waals surface area contributed by atoms with Crippen LogP contribution in [0.1, 0.15) is 94.8 Å². The van der Waals surface area contributed by atoms with Crippen LogP contribution in [0.4, 0.5) is 0 Å². The fourth-order valence-electron chi connectivity index (χ4n) is 4.11. The molecule has 0 radical (unpaired) electrons. The molecule has 0 saturated carbocycles. The number of rotatable bonds is 8. The van der Waals surface area contributed by atoms with E-state index in [4.69, 9.17) is 4.42 Å². The molecule has 6 nitrogen and oxygen atoms in total. The predicted octanol–water partition coefficient (Wildman–Crippen LogP) is 4.62. The summed E-state index contributed by atoms with van der Waals surface area (Å²) in [6.07, 6.45) is 7.71. The highest BCUT2D eigenvalue weighted by atomic mass is 16.4. The topological polar surface area (TPSA) is 72.1 Å². The highest BCUT2D eigenvalue weighted by molar-refractivity contribution is 5.77. The molecule has 6 heteroatoms. The van der Waals surface area contributed by atoms with Crippen LogP contribution in [0.5, 0.6) is 0 Å². The smallest absolute Gasteiger partial charge is 0.223 e. The molecule has 28 heavy (non-hydrogen) atoms. The number of amides is 1. The summed E-state index contributed by atoms with van der Waals surface area (Å²) in [7, 11) is 0. The van der Waals surface area contributed by atoms with Gasteiger partial charge < -0.3 is 9.32 Å². The summed E-state index contributed by atoms with van der Waals surface area (Å²) in [4.78, 5) is 20.1. The summed E-state index contributed by atoms with van der Waals surface area (Å²) in [5.41, 5.74) is 2.36. The molecule has 1 atom stereocenters. The van der Waals surface area contributed by atoms with Crippen molar-refractivity contribution in [3.63, 3.8) is 0 Å². The van der Waals surface area contributed by atoms with Crippen molar-refractivity contribution >= 4 is 5.91 Å². The third-order valence-electron chi connectivity index (χ3n) is 5.65. The molecule has 2 aromatic heterocycles. The van der Waals surface area contributed by atoms with E-state index in [1.165, 1.54) is 5.56 Å². The number of nitrogens with zero attached hydrogens (tertiary/aromatic N) is 4. The molecule has 0 fully saturated rings. The minimum atomic E-state index is 0.0660. The van der Waals surface area contributed by atoms with Crippen LogP contribution in [0.2, 0.25) is 0 Å². The maximum Gasteiger partial charge on any atom is 0.223 e. The summed E-state index contributed by atoms with van der Waals surface area (Å²) in [5, 5.41) is 8.18. The number of carbonyl (C=O) groups excluding carboxylic acids is 1. The lowest BCUT2D eigenvalue weighted by Gasteiger charge is -2.40. The van der Waals surface area contributed by atoms with Crippen molar-refractivity contribution < 1.29 is 9.21 Å². The lowest BCUT2D eigenvalue weighted by molar-refractivity contribution is -0.137. The molecule has 1 aliphatic carbocycles. The van der Waals surface area contributed by atoms with Crippen LogP contribution in [0, 0.1) is 0 Å². The van der Waals surface area contributed by atoms with Gasteiger partial charge in [-0.15, -0.1) is 10.2 Å². The molecule has 0 aliphatic heterocycles. The first-order chi connectivity index (χ1) is 13.5. The van der Waals surface area contributed by atoms with Gasteiger partial charge in [-0.1, -0.05) is 33.8 Å². The van der Waals surface area contributed by atoms with E-state index in [1.54, 1.807) is 0 Å². The number of aryl methyl sites for hydroxylation is 2. The van der Waals surface area contributed by atoms with E-state index in [9.17, 15) is 4.79 Å². The van der Waals surface area contributed by atoms with Crippen molar-refractivity contribution in [2.45, 2.75) is 90.6 Å². The minimum Gasteiger partial charge on any atom is -0.425 e. The molecule has 0 spiro atoms. The Bertz CT molecular complexity index is 782. The average molecular weight is 385 g/mol. The molecule has 3 rings (SSSR count). The molecule has 2 aromatic rings. The van der Waals surface area contributed by atoms with Crippen molar-refractivity contribution in [2.24, 2.45) is 0 Å². The molecule has 0 bridgehead atoms. The molecule has 1 aliphatic rings. The zero-order valence-corrected chi connectivity index (χ0v) is 17.5. The number of hydrogen-bond acceptors (Lipinski definition) is 5. The third kappa shape index (κ3) is 4.42. The van der Waals surface area contributed by atoms with E-state index >= 15 is 0 Å². The van der Waals surface area contributed by atoms with Crippen LogP contribution in [-0.2, 0) is 17.6 Å². The second-order valence-corrected chi connectivity index (χ2v) is 7.92. The summed E-state index contributed by atoms with van der Waals surface area (Å²) < 4.78 is 5.68. The standard InChI is InChI=1S/C22H32N4O2/c1-5-17(6-2)26(18-11-7-9-16-10-8-14-23-21(16)18)20(27)13-12-19-24-25-22(28-19)15(3)4/h8,10,14-15,17-18H,5-7,9,11-13H2,1-4H3/t18-/m1/s1. The van der Waals surface area contributed by atoms with Crippen LogP contribution in [0.25, 0.3) is 0 Å². The Labute approximate surface area is 167 Å². The molecular weight excluding hydrogens is 352 g/mol. The zero-order valence-electron chi connectivity index (χ0n) is 17.5. The maximum atomic E-state index is 13.3. The Morgan fingerprint density at radius 2 is 2.07 bits per heavy atom. The zero-order chi connectivity index (χ0) is 20.1. The summed E-state index contributed by atoms with van der Waals surface area (Å²) in [6.45, 7) is 8.35. The van der Waals surface area contributed by atoms with Gasteiger partial charge in [-0.05, 0) is 43.7 Å². The Morgan fingerprint density at radius 3 is 2.75 bits per heavy atom. The van der Waals surface area contributed by atoms with Crippen LogP contribution >= 0.6 is 0 Å². The lowest BCUT2D eigenvalue weighted by Crippen LogP contribution is -2.44. The number of fused-ring (bicyclic) bond motifs is 1. The van der Waals surface area contributed by atoms with Crippen molar-refractivity contribution in [3.8, 4) is 0 Å². The van der Waals surface area contributed by atoms with Crippen molar-refractivity contribution in [3.05, 3.63) is 41.4 Å². The average Bonchev–Trinajstić information content (AvgIpc) is 3.19. The first-order valence-electron chi connectivity index (χ1n) is 10.6. The van der Waals surface area contributed by atoms with Gasteiger partial charge in [-0.3, -0.25) is 9.78 Å². The number of pyridine rings is 1. The first-order valence-corrected chi connectivity index (χ1v) is 10.6. The van der Waals surface area contributed by atoms with Crippen LogP contribution in [0.3, 0.4) is 0 Å². The van der Waals surface area contributed by atoms with Gasteiger partial charge in [0.25, 0.3) is 0 Å². The van der Waals surface area contributed by atoms with Gasteiger partial charge in [0.2, 0.25) is 17.7 Å². The van der Waals surface area contributed by atoms with E-state index < -0.39 is 0 Å². The summed E-state index contributed by atoms with van der Waals surface area (Å²) >= 11 is 0. The van der Waals surface area contributed by atoms with Crippen LogP contribution in [0.15, 0.2) is 22.7 Å². The number of carbonyl (C=O) groups is 1. The maximum absolute atomic E-state index is 13.3. The van der Waals surface area contributed by atoms with Crippen molar-refractivity contribution in [2.75, 3.05) is 0 Å². The van der Waals surface area contributed by atoms with Gasteiger partial charge >= 0.3 is 0 Å². The van der Waals surface area contributed by atoms with Crippen LogP contribution in [-0.4, -0.2) is 32.0 Å². The molecule has 152 valence electrons. The molecule has 0 saturated heterocycles. The highest BCUT2D eigenvalue weighted by Gasteiger charge is 2.33. The van der Waals surface area contributed by atoms with E-state index in [1.807, 2.05) is 26.1 Å². The molecular formula is C22H32N4O2. The van der Waals surface area contributed by atoms with Gasteiger partial charge in [-0.25, -0.2) is 0 Å². The van der Waals surface area contributed by atoms with E-state index in [2.05, 4.69) is 40.0 Å². The highest BCUT2D eigenvalue weighted by Crippen LogP contribution is 2.35. The van der Waals surface area contributed by atoms with E-state index in [0.29, 0.717) is 24.6 Å². The monoisotopic (exact) mass is 384 g/mol. The molecule has 0 N–H and O–H groups in total. The van der Waals surface area contributed by atoms with Gasteiger partial charge in [-0.2, -0.15) is 0 Å². The van der Waals surface area contributed by atoms with Gasteiger partial charge in [0.1, 0.15) is 0 Å². The van der Waals surface area contributed by atoms with Gasteiger partial charge in [0.15, 0.2) is 0 Å². The predicted molar refractivity (Wildman–Crippen MR) is 108 cm³/mol. The Balaban J connectivity index is 1.79. The molecule has 2 heterocycles. The first kappa shape index (κ1) is 20.5. The minimum absolute atomic E-state index is 0.0660. The Hall–Kier alpha value is -2.24. The molecule has 0 aromatic carbocycles. The van der Waals surface area contributed by atoms with Crippen molar-refractivity contribution in [1.29, 1.82) is 0 Å². The second kappa shape index (κ2) is 9.30. The summed E-state index contributed by atoms with van der Waals surface area (Å²) in [5.74, 6) is 1.53. The Kier molecular flexibility index (Phi) is 6.81. The largest absolute Gasteiger partial charge is 0.425 e. The number of aromatic nitrogens is 3. The fraction of sp³-hybridized carbons (Fsp3) is 0.636. The molecule has 0 unspecified atom stereocenters. The van der Waals surface area contributed by atoms with Gasteiger partial charge in [0, 0.05) is 31.0 Å². The van der Waals surface area contributed by atoms with E-state index in [0.717, 1.165) is 37.8 Å². The van der Waals surface area contributed by atoms with Crippen molar-refractivity contribution in [1.82, 2.24) is 20.1 Å². The number of hydrogen-bond donors (Lipinski definition) is 0. The summed E-state index contributed by atoms with van der Waals surface area (Å²) in [6, 6.07) is 4.43. The molecule has 1 amide bonds. The van der Waals surface area contributed by atoms with Gasteiger partial charge in [0.05, 0.1) is 11.7 Å². The fourth-order valence-corrected chi connectivity index (χ4v) is 4.11. The third-order valence-corrected chi connectivity index (χ3v) is 5.65. The lowest BCUT2D eigenvalue weighted by atomic mass is 9.89. The SMILES string of the molecule is CCC(CC)N(C(=O)CCc1nnc(C(C)C)o1)[C@@H]1CCCc2cccnc21. The van der Waals surface area contributed by atoms with E-state index in [-0.39, 0.29) is 23.9 Å². The van der Waals surface area contributed by atoms with Crippen LogP contribution < -0.4 is 0 Å².